The Kier molecular flexibility index (Phi) is 5.75. The molecule has 106 valence electrons. The highest BCUT2D eigenvalue weighted by molar-refractivity contribution is 9.10. The zero-order chi connectivity index (χ0) is 14.6. The maximum absolute atomic E-state index is 11.1. The standard InChI is InChI=1S/C13H18BrNO4/c1-4-5-8(2)19-13-11(9(3)16)6-10(14)7-12(13)15(17)18/h6-9,16H,4-5H2,1-3H3/t8?,9-/m0/s1. The van der Waals surface area contributed by atoms with Gasteiger partial charge in [0.15, 0.2) is 0 Å². The lowest BCUT2D eigenvalue weighted by molar-refractivity contribution is -0.386. The van der Waals surface area contributed by atoms with Crippen molar-refractivity contribution in [3.63, 3.8) is 0 Å². The molecule has 6 heteroatoms. The molecule has 0 heterocycles. The Morgan fingerprint density at radius 1 is 1.47 bits per heavy atom. The Hall–Kier alpha value is -1.14. The van der Waals surface area contributed by atoms with Crippen molar-refractivity contribution in [1.82, 2.24) is 0 Å². The van der Waals surface area contributed by atoms with Crippen molar-refractivity contribution in [3.8, 4) is 5.75 Å². The van der Waals surface area contributed by atoms with E-state index in [0.29, 0.717) is 10.0 Å². The topological polar surface area (TPSA) is 72.6 Å². The predicted octanol–water partition coefficient (Wildman–Crippen LogP) is 3.98. The summed E-state index contributed by atoms with van der Waals surface area (Å²) in [6, 6.07) is 3.03. The number of ether oxygens (including phenoxy) is 1. The van der Waals surface area contributed by atoms with Gasteiger partial charge in [0.25, 0.3) is 0 Å². The lowest BCUT2D eigenvalue weighted by Crippen LogP contribution is -2.14. The van der Waals surface area contributed by atoms with Crippen molar-refractivity contribution < 1.29 is 14.8 Å². The third-order valence-electron chi connectivity index (χ3n) is 2.72. The summed E-state index contributed by atoms with van der Waals surface area (Å²) in [5, 5.41) is 20.9. The Morgan fingerprint density at radius 2 is 2.11 bits per heavy atom. The third-order valence-corrected chi connectivity index (χ3v) is 3.18. The van der Waals surface area contributed by atoms with Crippen LogP contribution in [0, 0.1) is 10.1 Å². The largest absolute Gasteiger partial charge is 0.484 e. The number of aliphatic hydroxyl groups is 1. The zero-order valence-corrected chi connectivity index (χ0v) is 12.8. The summed E-state index contributed by atoms with van der Waals surface area (Å²) in [7, 11) is 0. The average Bonchev–Trinajstić information content (AvgIpc) is 2.30. The minimum atomic E-state index is -0.833. The number of nitro benzene ring substituents is 1. The lowest BCUT2D eigenvalue weighted by atomic mass is 10.1. The molecule has 19 heavy (non-hydrogen) atoms. The van der Waals surface area contributed by atoms with Crippen LogP contribution in [0.15, 0.2) is 16.6 Å². The minimum Gasteiger partial charge on any atom is -0.484 e. The average molecular weight is 332 g/mol. The zero-order valence-electron chi connectivity index (χ0n) is 11.2. The molecule has 0 saturated heterocycles. The number of benzene rings is 1. The first-order valence-electron chi connectivity index (χ1n) is 6.19. The summed E-state index contributed by atoms with van der Waals surface area (Å²) in [6.45, 7) is 5.44. The molecule has 1 rings (SSSR count). The van der Waals surface area contributed by atoms with E-state index in [4.69, 9.17) is 4.74 Å². The Morgan fingerprint density at radius 3 is 2.58 bits per heavy atom. The molecule has 0 spiro atoms. The van der Waals surface area contributed by atoms with E-state index in [1.807, 2.05) is 13.8 Å². The lowest BCUT2D eigenvalue weighted by Gasteiger charge is -2.18. The van der Waals surface area contributed by atoms with Crippen LogP contribution in [0.1, 0.15) is 45.3 Å². The molecule has 0 saturated carbocycles. The van der Waals surface area contributed by atoms with Crippen LogP contribution in [0.4, 0.5) is 5.69 Å². The van der Waals surface area contributed by atoms with Gasteiger partial charge in [-0.2, -0.15) is 0 Å². The van der Waals surface area contributed by atoms with Crippen molar-refractivity contribution >= 4 is 21.6 Å². The number of halogens is 1. The smallest absolute Gasteiger partial charge is 0.312 e. The van der Waals surface area contributed by atoms with Crippen molar-refractivity contribution in [1.29, 1.82) is 0 Å². The van der Waals surface area contributed by atoms with Gasteiger partial charge in [0.1, 0.15) is 0 Å². The van der Waals surface area contributed by atoms with E-state index < -0.39 is 11.0 Å². The van der Waals surface area contributed by atoms with E-state index in [1.54, 1.807) is 13.0 Å². The molecule has 0 radical (unpaired) electrons. The summed E-state index contributed by atoms with van der Waals surface area (Å²) >= 11 is 3.21. The van der Waals surface area contributed by atoms with Crippen LogP contribution in [-0.2, 0) is 0 Å². The van der Waals surface area contributed by atoms with Gasteiger partial charge in [-0.3, -0.25) is 10.1 Å². The highest BCUT2D eigenvalue weighted by Crippen LogP contribution is 2.38. The molecule has 0 aromatic heterocycles. The van der Waals surface area contributed by atoms with Gasteiger partial charge in [-0.05, 0) is 26.3 Å². The summed E-state index contributed by atoms with van der Waals surface area (Å²) in [6.07, 6.45) is 0.754. The molecular weight excluding hydrogens is 314 g/mol. The monoisotopic (exact) mass is 331 g/mol. The molecule has 0 aliphatic heterocycles. The van der Waals surface area contributed by atoms with Crippen molar-refractivity contribution in [3.05, 3.63) is 32.3 Å². The highest BCUT2D eigenvalue weighted by Gasteiger charge is 2.24. The molecule has 0 bridgehead atoms. The van der Waals surface area contributed by atoms with Crippen LogP contribution in [0.25, 0.3) is 0 Å². The number of nitro groups is 1. The Labute approximate surface area is 120 Å². The van der Waals surface area contributed by atoms with Crippen LogP contribution in [-0.4, -0.2) is 16.1 Å². The summed E-state index contributed by atoms with van der Waals surface area (Å²) in [5.41, 5.74) is 0.289. The van der Waals surface area contributed by atoms with Gasteiger partial charge >= 0.3 is 5.69 Å². The Bertz CT molecular complexity index is 462. The number of nitrogens with zero attached hydrogens (tertiary/aromatic N) is 1. The van der Waals surface area contributed by atoms with Gasteiger partial charge in [-0.25, -0.2) is 0 Å². The second kappa shape index (κ2) is 6.86. The quantitative estimate of drug-likeness (QED) is 0.632. The first-order valence-corrected chi connectivity index (χ1v) is 6.98. The van der Waals surface area contributed by atoms with Gasteiger partial charge in [0.2, 0.25) is 5.75 Å². The van der Waals surface area contributed by atoms with E-state index in [1.165, 1.54) is 6.07 Å². The van der Waals surface area contributed by atoms with E-state index in [0.717, 1.165) is 12.8 Å². The van der Waals surface area contributed by atoms with E-state index in [9.17, 15) is 15.2 Å². The maximum atomic E-state index is 11.1. The van der Waals surface area contributed by atoms with E-state index in [-0.39, 0.29) is 17.5 Å². The molecular formula is C13H18BrNO4. The molecule has 5 nitrogen and oxygen atoms in total. The van der Waals surface area contributed by atoms with Crippen LogP contribution in [0.3, 0.4) is 0 Å². The normalized spacial score (nSPS) is 13.9. The van der Waals surface area contributed by atoms with Gasteiger partial charge < -0.3 is 9.84 Å². The van der Waals surface area contributed by atoms with E-state index >= 15 is 0 Å². The molecule has 0 aliphatic rings. The molecule has 0 fully saturated rings. The molecule has 0 aliphatic carbocycles. The summed E-state index contributed by atoms with van der Waals surface area (Å²) in [4.78, 5) is 10.6. The van der Waals surface area contributed by atoms with Crippen molar-refractivity contribution in [2.75, 3.05) is 0 Å². The molecule has 1 aromatic carbocycles. The second-order valence-electron chi connectivity index (χ2n) is 4.49. The number of hydrogen-bond acceptors (Lipinski definition) is 4. The van der Waals surface area contributed by atoms with Gasteiger partial charge in [-0.15, -0.1) is 0 Å². The first kappa shape index (κ1) is 15.9. The van der Waals surface area contributed by atoms with E-state index in [2.05, 4.69) is 15.9 Å². The fourth-order valence-electron chi connectivity index (χ4n) is 1.84. The Balaban J connectivity index is 3.27. The van der Waals surface area contributed by atoms with Crippen LogP contribution >= 0.6 is 15.9 Å². The van der Waals surface area contributed by atoms with Crippen molar-refractivity contribution in [2.24, 2.45) is 0 Å². The van der Waals surface area contributed by atoms with Crippen LogP contribution < -0.4 is 4.74 Å². The SMILES string of the molecule is CCCC(C)Oc1c([C@H](C)O)cc(Br)cc1[N+](=O)[O-]. The first-order chi connectivity index (χ1) is 8.86. The summed E-state index contributed by atoms with van der Waals surface area (Å²) in [5.74, 6) is 0.157. The molecule has 2 atom stereocenters. The number of hydrogen-bond donors (Lipinski definition) is 1. The third kappa shape index (κ3) is 4.18. The maximum Gasteiger partial charge on any atom is 0.312 e. The molecule has 1 N–H and O–H groups in total. The summed E-state index contributed by atoms with van der Waals surface area (Å²) < 4.78 is 6.22. The van der Waals surface area contributed by atoms with Gasteiger partial charge in [0.05, 0.1) is 17.1 Å². The van der Waals surface area contributed by atoms with Gasteiger partial charge in [-0.1, -0.05) is 29.3 Å². The van der Waals surface area contributed by atoms with Crippen molar-refractivity contribution in [2.45, 2.75) is 45.8 Å². The van der Waals surface area contributed by atoms with Crippen LogP contribution in [0.5, 0.6) is 5.75 Å². The van der Waals surface area contributed by atoms with Crippen LogP contribution in [0.2, 0.25) is 0 Å². The highest BCUT2D eigenvalue weighted by atomic mass is 79.9. The fourth-order valence-corrected chi connectivity index (χ4v) is 2.30. The number of aliphatic hydroxyl groups excluding tert-OH is 1. The second-order valence-corrected chi connectivity index (χ2v) is 5.41. The predicted molar refractivity (Wildman–Crippen MR) is 76.4 cm³/mol. The molecule has 1 unspecified atom stereocenters. The molecule has 1 aromatic rings. The molecule has 0 amide bonds. The fraction of sp³-hybridized carbons (Fsp3) is 0.538. The minimum absolute atomic E-state index is 0.131. The number of rotatable bonds is 6. The van der Waals surface area contributed by atoms with Gasteiger partial charge in [0, 0.05) is 16.1 Å².